The van der Waals surface area contributed by atoms with Gasteiger partial charge in [0.1, 0.15) is 10.7 Å². The first-order valence-corrected chi connectivity index (χ1v) is 9.40. The van der Waals surface area contributed by atoms with Gasteiger partial charge < -0.3 is 0 Å². The summed E-state index contributed by atoms with van der Waals surface area (Å²) < 4.78 is 5.75. The number of aromatic nitrogens is 5. The summed E-state index contributed by atoms with van der Waals surface area (Å²) in [6, 6.07) is 3.38. The molecule has 0 saturated heterocycles. The molecule has 0 saturated carbocycles. The van der Waals surface area contributed by atoms with Gasteiger partial charge in [0.05, 0.1) is 5.39 Å². The number of halogens is 1. The second-order valence-corrected chi connectivity index (χ2v) is 7.37. The first-order chi connectivity index (χ1) is 13.9. The fourth-order valence-corrected chi connectivity index (χ4v) is 3.82. The van der Waals surface area contributed by atoms with Gasteiger partial charge in [-0.15, -0.1) is 4.91 Å². The number of pyridine rings is 3. The van der Waals surface area contributed by atoms with E-state index in [0.29, 0.717) is 22.1 Å². The van der Waals surface area contributed by atoms with E-state index in [0.717, 1.165) is 17.1 Å². The molecule has 9 nitrogen and oxygen atoms in total. The Morgan fingerprint density at radius 3 is 2.72 bits per heavy atom. The predicted molar refractivity (Wildman–Crippen MR) is 109 cm³/mol. The van der Waals surface area contributed by atoms with Crippen LogP contribution in [0.5, 0.6) is 0 Å². The summed E-state index contributed by atoms with van der Waals surface area (Å²) in [6.45, 7) is 3.56. The largest absolute Gasteiger partial charge is 0.322 e. The average molecular weight is 427 g/mol. The van der Waals surface area contributed by atoms with E-state index < -0.39 is 11.3 Å². The number of rotatable bonds is 3. The van der Waals surface area contributed by atoms with Crippen LogP contribution in [0.3, 0.4) is 0 Å². The van der Waals surface area contributed by atoms with Crippen LogP contribution in [0.15, 0.2) is 40.7 Å². The number of amides is 1. The molecule has 0 aromatic carbocycles. The van der Waals surface area contributed by atoms with Gasteiger partial charge in [-0.1, -0.05) is 11.6 Å². The Morgan fingerprint density at radius 1 is 1.21 bits per heavy atom. The first kappa shape index (κ1) is 19.0. The molecule has 4 heterocycles. The molecule has 4 rings (SSSR count). The molecule has 4 aromatic heterocycles. The van der Waals surface area contributed by atoms with Gasteiger partial charge in [0, 0.05) is 40.9 Å². The van der Waals surface area contributed by atoms with Crippen LogP contribution in [0.4, 0.5) is 0 Å². The highest BCUT2D eigenvalue weighted by atomic mass is 35.5. The maximum absolute atomic E-state index is 12.8. The van der Waals surface area contributed by atoms with Crippen molar-refractivity contribution in [2.45, 2.75) is 13.8 Å². The van der Waals surface area contributed by atoms with Gasteiger partial charge in [-0.25, -0.2) is 4.98 Å². The fourth-order valence-electron chi connectivity index (χ4n) is 2.91. The van der Waals surface area contributed by atoms with Crippen LogP contribution in [0.25, 0.3) is 27.6 Å². The van der Waals surface area contributed by atoms with Crippen LogP contribution in [0.2, 0.25) is 5.15 Å². The van der Waals surface area contributed by atoms with Gasteiger partial charge in [-0.05, 0) is 37.1 Å². The van der Waals surface area contributed by atoms with Crippen molar-refractivity contribution in [1.29, 1.82) is 0 Å². The average Bonchev–Trinajstić information content (AvgIpc) is 3.17. The van der Waals surface area contributed by atoms with E-state index in [1.807, 2.05) is 13.0 Å². The third kappa shape index (κ3) is 3.32. The summed E-state index contributed by atoms with van der Waals surface area (Å²) in [6.07, 6.45) is 4.54. The molecule has 1 amide bonds. The van der Waals surface area contributed by atoms with Gasteiger partial charge in [-0.2, -0.15) is 9.36 Å². The van der Waals surface area contributed by atoms with Crippen LogP contribution in [-0.4, -0.2) is 29.8 Å². The van der Waals surface area contributed by atoms with E-state index in [1.165, 1.54) is 16.8 Å². The molecule has 0 aliphatic rings. The quantitative estimate of drug-likeness (QED) is 0.363. The fraction of sp³-hybridized carbons (Fsp3) is 0.111. The Hall–Kier alpha value is -3.37. The molecule has 0 atom stereocenters. The smallest absolute Gasteiger partial charge is 0.288 e. The zero-order valence-corrected chi connectivity index (χ0v) is 16.7. The van der Waals surface area contributed by atoms with Gasteiger partial charge in [0.15, 0.2) is 11.5 Å². The number of fused-ring (bicyclic) bond motifs is 1. The summed E-state index contributed by atoms with van der Waals surface area (Å²) in [5.41, 5.74) is 1.34. The molecule has 4 aromatic rings. The number of nitroso groups, excluding NO2 is 1. The van der Waals surface area contributed by atoms with E-state index in [9.17, 15) is 14.5 Å². The van der Waals surface area contributed by atoms with Crippen molar-refractivity contribution in [3.63, 3.8) is 0 Å². The number of hydrogen-bond donors (Lipinski definition) is 0. The lowest BCUT2D eigenvalue weighted by atomic mass is 10.1. The number of carbonyl (C=O) groups excluding carboxylic acids is 1. The van der Waals surface area contributed by atoms with Gasteiger partial charge in [0.2, 0.25) is 10.6 Å². The standard InChI is InChI=1S/C18H11ClN6O3S/c1-8-3-10(6-20-5-8)15-22-18(29-24-15)25-7-11(17(27)23-28)14(26)13-9(2)4-12(19)21-16(13)25/h3-7H,1-2H3. The SMILES string of the molecule is Cc1cncc(-c2nsc(-n3cc(C(=O)N=O)c(=O)c4c(C)cc(Cl)nc43)n2)c1. The van der Waals surface area contributed by atoms with E-state index in [1.54, 1.807) is 19.3 Å². The number of carbonyl (C=O) groups is 1. The van der Waals surface area contributed by atoms with Crippen molar-refractivity contribution < 1.29 is 4.79 Å². The zero-order chi connectivity index (χ0) is 20.7. The Labute approximate surface area is 172 Å². The minimum atomic E-state index is -1.17. The molecule has 29 heavy (non-hydrogen) atoms. The highest BCUT2D eigenvalue weighted by molar-refractivity contribution is 7.08. The van der Waals surface area contributed by atoms with E-state index in [2.05, 4.69) is 24.5 Å². The highest BCUT2D eigenvalue weighted by Crippen LogP contribution is 2.25. The summed E-state index contributed by atoms with van der Waals surface area (Å²) >= 11 is 7.11. The molecule has 0 aliphatic heterocycles. The van der Waals surface area contributed by atoms with Crippen LogP contribution in [0.1, 0.15) is 21.5 Å². The number of hydrogen-bond acceptors (Lipinski definition) is 8. The zero-order valence-electron chi connectivity index (χ0n) is 15.1. The van der Waals surface area contributed by atoms with Crippen LogP contribution in [0, 0.1) is 18.8 Å². The van der Waals surface area contributed by atoms with E-state index >= 15 is 0 Å². The summed E-state index contributed by atoms with van der Waals surface area (Å²) in [7, 11) is 0. The lowest BCUT2D eigenvalue weighted by Gasteiger charge is -2.10. The van der Waals surface area contributed by atoms with Crippen molar-refractivity contribution in [2.24, 2.45) is 5.18 Å². The van der Waals surface area contributed by atoms with Crippen molar-refractivity contribution >= 4 is 40.1 Å². The molecule has 0 N–H and O–H groups in total. The molecule has 0 aliphatic carbocycles. The molecular weight excluding hydrogens is 416 g/mol. The monoisotopic (exact) mass is 426 g/mol. The molecule has 144 valence electrons. The summed E-state index contributed by atoms with van der Waals surface area (Å²) in [5, 5.41) is 3.04. The molecule has 0 fully saturated rings. The Morgan fingerprint density at radius 2 is 2.00 bits per heavy atom. The lowest BCUT2D eigenvalue weighted by molar-refractivity contribution is 0.0999. The van der Waals surface area contributed by atoms with Crippen LogP contribution in [-0.2, 0) is 0 Å². The van der Waals surface area contributed by atoms with Crippen molar-refractivity contribution in [1.82, 2.24) is 23.9 Å². The van der Waals surface area contributed by atoms with Crippen molar-refractivity contribution in [3.05, 3.63) is 67.7 Å². The van der Waals surface area contributed by atoms with Gasteiger partial charge >= 0.3 is 5.91 Å². The summed E-state index contributed by atoms with van der Waals surface area (Å²) in [5.74, 6) is -0.749. The van der Waals surface area contributed by atoms with Crippen molar-refractivity contribution in [2.75, 3.05) is 0 Å². The van der Waals surface area contributed by atoms with Crippen molar-refractivity contribution in [3.8, 4) is 16.5 Å². The molecule has 0 radical (unpaired) electrons. The number of nitrogens with zero attached hydrogens (tertiary/aromatic N) is 6. The molecule has 0 unspecified atom stereocenters. The summed E-state index contributed by atoms with van der Waals surface area (Å²) in [4.78, 5) is 48.3. The Balaban J connectivity index is 2.01. The van der Waals surface area contributed by atoms with E-state index in [4.69, 9.17) is 11.6 Å². The van der Waals surface area contributed by atoms with E-state index in [-0.39, 0.29) is 21.7 Å². The molecule has 0 bridgehead atoms. The third-order valence-corrected chi connectivity index (χ3v) is 5.10. The molecule has 0 spiro atoms. The second-order valence-electron chi connectivity index (χ2n) is 6.25. The second kappa shape index (κ2) is 7.22. The highest BCUT2D eigenvalue weighted by Gasteiger charge is 2.21. The minimum absolute atomic E-state index is 0.151. The Bertz CT molecular complexity index is 1360. The molecular formula is C18H11ClN6O3S. The minimum Gasteiger partial charge on any atom is -0.288 e. The normalized spacial score (nSPS) is 11.0. The molecule has 11 heteroatoms. The van der Waals surface area contributed by atoms with Gasteiger partial charge in [-0.3, -0.25) is 19.1 Å². The maximum atomic E-state index is 12.8. The lowest BCUT2D eigenvalue weighted by Crippen LogP contribution is -2.19. The van der Waals surface area contributed by atoms with Crippen LogP contribution >= 0.6 is 23.1 Å². The maximum Gasteiger partial charge on any atom is 0.322 e. The Kier molecular flexibility index (Phi) is 4.73. The topological polar surface area (TPSA) is 120 Å². The van der Waals surface area contributed by atoms with Gasteiger partial charge in [0.25, 0.3) is 0 Å². The first-order valence-electron chi connectivity index (χ1n) is 8.25. The van der Waals surface area contributed by atoms with Crippen LogP contribution < -0.4 is 5.43 Å². The predicted octanol–water partition coefficient (Wildman–Crippen LogP) is 3.48. The third-order valence-electron chi connectivity index (χ3n) is 4.19. The number of aryl methyl sites for hydroxylation is 2.